The van der Waals surface area contributed by atoms with E-state index in [4.69, 9.17) is 0 Å². The molecule has 0 fully saturated rings. The molecule has 0 saturated carbocycles. The van der Waals surface area contributed by atoms with E-state index >= 15 is 0 Å². The lowest BCUT2D eigenvalue weighted by Gasteiger charge is -2.33. The third kappa shape index (κ3) is 3.51. The molecule has 3 atom stereocenters. The van der Waals surface area contributed by atoms with E-state index in [1.54, 1.807) is 0 Å². The van der Waals surface area contributed by atoms with Crippen molar-refractivity contribution < 1.29 is 5.11 Å². The molecule has 0 rings (SSSR count). The summed E-state index contributed by atoms with van der Waals surface area (Å²) in [4.78, 5) is 0. The molecule has 0 saturated heterocycles. The second-order valence-electron chi connectivity index (χ2n) is 5.19. The predicted molar refractivity (Wildman–Crippen MR) is 58.6 cm³/mol. The molecule has 1 nitrogen and oxygen atoms in total. The lowest BCUT2D eigenvalue weighted by Crippen LogP contribution is -2.26. The fourth-order valence-corrected chi connectivity index (χ4v) is 1.26. The van der Waals surface area contributed by atoms with E-state index in [-0.39, 0.29) is 17.4 Å². The van der Waals surface area contributed by atoms with Crippen LogP contribution in [-0.2, 0) is 0 Å². The molecule has 1 heteroatoms. The third-order valence-electron chi connectivity index (χ3n) is 3.16. The van der Waals surface area contributed by atoms with Gasteiger partial charge in [-0.2, -0.15) is 0 Å². The maximum atomic E-state index is 9.45. The van der Waals surface area contributed by atoms with Crippen LogP contribution in [0.25, 0.3) is 0 Å². The molecule has 0 heterocycles. The molecule has 0 unspecified atom stereocenters. The van der Waals surface area contributed by atoms with E-state index in [1.807, 2.05) is 13.8 Å². The molecule has 0 amide bonds. The topological polar surface area (TPSA) is 20.2 Å². The maximum absolute atomic E-state index is 9.45. The van der Waals surface area contributed by atoms with E-state index in [2.05, 4.69) is 34.3 Å². The molecule has 0 aromatic heterocycles. The van der Waals surface area contributed by atoms with Crippen LogP contribution in [0.2, 0.25) is 0 Å². The highest BCUT2D eigenvalue weighted by atomic mass is 16.3. The Labute approximate surface area is 82.9 Å². The first-order valence-electron chi connectivity index (χ1n) is 5.04. The maximum Gasteiger partial charge on any atom is 0.0574 e. The normalized spacial score (nSPS) is 19.3. The summed E-state index contributed by atoms with van der Waals surface area (Å²) in [5, 5.41) is 9.45. The molecule has 0 bridgehead atoms. The Morgan fingerprint density at radius 3 is 1.77 bits per heavy atom. The van der Waals surface area contributed by atoms with E-state index in [0.717, 1.165) is 5.57 Å². The van der Waals surface area contributed by atoms with Crippen LogP contribution in [0.15, 0.2) is 12.2 Å². The van der Waals surface area contributed by atoms with Crippen LogP contribution in [0.3, 0.4) is 0 Å². The van der Waals surface area contributed by atoms with Gasteiger partial charge in [0.05, 0.1) is 6.10 Å². The minimum Gasteiger partial charge on any atom is -0.393 e. The average Bonchev–Trinajstić information content (AvgIpc) is 1.98. The Morgan fingerprint density at radius 2 is 1.54 bits per heavy atom. The van der Waals surface area contributed by atoms with Crippen molar-refractivity contribution in [2.75, 3.05) is 0 Å². The lowest BCUT2D eigenvalue weighted by molar-refractivity contribution is 0.138. The van der Waals surface area contributed by atoms with Crippen LogP contribution < -0.4 is 0 Å². The molecule has 0 aromatic rings. The molecule has 0 aliphatic heterocycles. The Bertz CT molecular complexity index is 174. The van der Waals surface area contributed by atoms with Crippen LogP contribution in [0.4, 0.5) is 0 Å². The summed E-state index contributed by atoms with van der Waals surface area (Å²) in [6, 6.07) is 0. The number of hydrogen-bond acceptors (Lipinski definition) is 1. The number of aliphatic hydroxyl groups excluding tert-OH is 1. The Balaban J connectivity index is 4.44. The molecule has 0 aromatic carbocycles. The minimum atomic E-state index is -0.294. The van der Waals surface area contributed by atoms with Crippen molar-refractivity contribution in [2.45, 2.75) is 47.6 Å². The van der Waals surface area contributed by atoms with Crippen molar-refractivity contribution in [3.8, 4) is 0 Å². The van der Waals surface area contributed by atoms with Gasteiger partial charge in [0.2, 0.25) is 0 Å². The fraction of sp³-hybridized carbons (Fsp3) is 0.833. The van der Waals surface area contributed by atoms with Gasteiger partial charge in [0.15, 0.2) is 0 Å². The predicted octanol–water partition coefficient (Wildman–Crippen LogP) is 3.24. The monoisotopic (exact) mass is 184 g/mol. The summed E-state index contributed by atoms with van der Waals surface area (Å²) in [5.41, 5.74) is 1.39. The first kappa shape index (κ1) is 12.7. The van der Waals surface area contributed by atoms with Crippen molar-refractivity contribution in [1.29, 1.82) is 0 Å². The van der Waals surface area contributed by atoms with Crippen molar-refractivity contribution in [3.63, 3.8) is 0 Å². The van der Waals surface area contributed by atoms with Gasteiger partial charge in [0.25, 0.3) is 0 Å². The largest absolute Gasteiger partial charge is 0.393 e. The van der Waals surface area contributed by atoms with Gasteiger partial charge in [0.1, 0.15) is 0 Å². The summed E-state index contributed by atoms with van der Waals surface area (Å²) >= 11 is 0. The molecule has 0 aliphatic rings. The fourth-order valence-electron chi connectivity index (χ4n) is 1.26. The highest BCUT2D eigenvalue weighted by Gasteiger charge is 2.26. The van der Waals surface area contributed by atoms with Gasteiger partial charge < -0.3 is 5.11 Å². The van der Waals surface area contributed by atoms with Crippen molar-refractivity contribution in [2.24, 2.45) is 17.3 Å². The van der Waals surface area contributed by atoms with Crippen LogP contribution in [0.1, 0.15) is 41.5 Å². The zero-order valence-corrected chi connectivity index (χ0v) is 9.89. The Hall–Kier alpha value is -0.300. The molecule has 13 heavy (non-hydrogen) atoms. The van der Waals surface area contributed by atoms with Crippen molar-refractivity contribution in [1.82, 2.24) is 0 Å². The minimum absolute atomic E-state index is 0.189. The van der Waals surface area contributed by atoms with Crippen LogP contribution in [0.5, 0.6) is 0 Å². The third-order valence-corrected chi connectivity index (χ3v) is 3.16. The molecule has 0 radical (unpaired) electrons. The Kier molecular flexibility index (Phi) is 4.18. The Morgan fingerprint density at radius 1 is 1.15 bits per heavy atom. The smallest absolute Gasteiger partial charge is 0.0574 e. The van der Waals surface area contributed by atoms with Gasteiger partial charge in [-0.05, 0) is 18.3 Å². The highest BCUT2D eigenvalue weighted by molar-refractivity contribution is 5.08. The van der Waals surface area contributed by atoms with Gasteiger partial charge in [-0.25, -0.2) is 0 Å². The second kappa shape index (κ2) is 4.28. The molecule has 1 N–H and O–H groups in total. The van der Waals surface area contributed by atoms with E-state index < -0.39 is 0 Å². The van der Waals surface area contributed by atoms with Crippen LogP contribution in [0, 0.1) is 17.3 Å². The first-order chi connectivity index (χ1) is 5.68. The number of rotatable bonds is 3. The first-order valence-corrected chi connectivity index (χ1v) is 5.04. The summed E-state index contributed by atoms with van der Waals surface area (Å²) in [7, 11) is 0. The molecule has 0 spiro atoms. The van der Waals surface area contributed by atoms with Crippen molar-refractivity contribution >= 4 is 0 Å². The summed E-state index contributed by atoms with van der Waals surface area (Å²) in [6.07, 6.45) is -0.294. The standard InChI is InChI=1S/C12H24O/c1-8(9(2)11(4)13)10(3)12(5,6)7/h9-11,13H,1H2,2-7H3/t9-,10-,11+/m0/s1. The number of aliphatic hydroxyl groups is 1. The van der Waals surface area contributed by atoms with Gasteiger partial charge in [0, 0.05) is 5.92 Å². The van der Waals surface area contributed by atoms with Gasteiger partial charge in [-0.15, -0.1) is 0 Å². The molecule has 78 valence electrons. The zero-order valence-electron chi connectivity index (χ0n) is 9.89. The molecule has 0 aliphatic carbocycles. The van der Waals surface area contributed by atoms with Gasteiger partial charge in [-0.3, -0.25) is 0 Å². The summed E-state index contributed by atoms with van der Waals surface area (Å²) in [5.74, 6) is 0.631. The van der Waals surface area contributed by atoms with Gasteiger partial charge >= 0.3 is 0 Å². The SMILES string of the molecule is C=C([C@H](C)[C@@H](C)O)[C@H](C)C(C)(C)C. The van der Waals surface area contributed by atoms with E-state index in [1.165, 1.54) is 0 Å². The number of hydrogen-bond donors (Lipinski definition) is 1. The van der Waals surface area contributed by atoms with E-state index in [9.17, 15) is 5.11 Å². The molecular weight excluding hydrogens is 160 g/mol. The summed E-state index contributed by atoms with van der Waals surface area (Å²) in [6.45, 7) is 16.7. The highest BCUT2D eigenvalue weighted by Crippen LogP contribution is 2.34. The van der Waals surface area contributed by atoms with Crippen LogP contribution >= 0.6 is 0 Å². The molecular formula is C12H24O. The zero-order chi connectivity index (χ0) is 10.8. The lowest BCUT2D eigenvalue weighted by atomic mass is 9.73. The van der Waals surface area contributed by atoms with Crippen molar-refractivity contribution in [3.05, 3.63) is 12.2 Å². The van der Waals surface area contributed by atoms with Crippen LogP contribution in [-0.4, -0.2) is 11.2 Å². The second-order valence-corrected chi connectivity index (χ2v) is 5.19. The van der Waals surface area contributed by atoms with E-state index in [0.29, 0.717) is 5.92 Å². The summed E-state index contributed by atoms with van der Waals surface area (Å²) < 4.78 is 0. The quantitative estimate of drug-likeness (QED) is 0.668. The average molecular weight is 184 g/mol. The van der Waals surface area contributed by atoms with Gasteiger partial charge in [-0.1, -0.05) is 46.8 Å².